The van der Waals surface area contributed by atoms with E-state index in [-0.39, 0.29) is 0 Å². The molecule has 24 heavy (non-hydrogen) atoms. The Morgan fingerprint density at radius 1 is 0.958 bits per heavy atom. The lowest BCUT2D eigenvalue weighted by Crippen LogP contribution is -2.43. The lowest BCUT2D eigenvalue weighted by atomic mass is 9.99. The van der Waals surface area contributed by atoms with E-state index in [0.29, 0.717) is 6.42 Å². The molecule has 0 aromatic rings. The van der Waals surface area contributed by atoms with Crippen molar-refractivity contribution in [1.82, 2.24) is 0 Å². The van der Waals surface area contributed by atoms with Crippen molar-refractivity contribution in [3.63, 3.8) is 0 Å². The normalized spacial score (nSPS) is 14.4. The molecule has 0 radical (unpaired) electrons. The summed E-state index contributed by atoms with van der Waals surface area (Å²) in [5, 5.41) is 16.4. The Kier molecular flexibility index (Phi) is 9.64. The van der Waals surface area contributed by atoms with Gasteiger partial charge in [-0.05, 0) is 19.8 Å². The monoisotopic (exact) mass is 368 g/mol. The highest BCUT2D eigenvalue weighted by atomic mass is 19.4. The maximum absolute atomic E-state index is 11.9. The van der Waals surface area contributed by atoms with Crippen LogP contribution in [0, 0.1) is 5.92 Å². The van der Waals surface area contributed by atoms with Crippen LogP contribution in [0.15, 0.2) is 12.2 Å². The van der Waals surface area contributed by atoms with Gasteiger partial charge in [-0.25, -0.2) is 0 Å². The van der Waals surface area contributed by atoms with Crippen molar-refractivity contribution in [1.29, 1.82) is 0 Å². The molecule has 0 fully saturated rings. The number of hydrogen-bond donors (Lipinski definition) is 4. The zero-order chi connectivity index (χ0) is 19.9. The summed E-state index contributed by atoms with van der Waals surface area (Å²) in [5.41, 5.74) is 10.6. The molecule has 0 aliphatic heterocycles. The Labute approximate surface area is 133 Å². The third-order valence-electron chi connectivity index (χ3n) is 2.48. The van der Waals surface area contributed by atoms with E-state index >= 15 is 0 Å². The first-order valence-electron chi connectivity index (χ1n) is 6.24. The minimum atomic E-state index is -5.55. The molecule has 0 bridgehead atoms. The van der Waals surface area contributed by atoms with Gasteiger partial charge < -0.3 is 21.7 Å². The molecule has 0 heterocycles. The average Bonchev–Trinajstić information content (AvgIpc) is 2.32. The van der Waals surface area contributed by atoms with Crippen LogP contribution in [0.3, 0.4) is 0 Å². The topological polar surface area (TPSA) is 127 Å². The van der Waals surface area contributed by atoms with Gasteiger partial charge in [0.15, 0.2) is 5.92 Å². The van der Waals surface area contributed by atoms with Crippen molar-refractivity contribution in [3.05, 3.63) is 12.2 Å². The first kappa shape index (κ1) is 24.4. The summed E-state index contributed by atoms with van der Waals surface area (Å²) in [5.74, 6) is -6.59. The fourth-order valence-electron chi connectivity index (χ4n) is 1.27. The summed E-state index contributed by atoms with van der Waals surface area (Å²) >= 11 is 0. The molecule has 6 nitrogen and oxygen atoms in total. The number of aliphatic carboxylic acids is 2. The predicted octanol–water partition coefficient (Wildman–Crippen LogP) is 1.89. The molecule has 12 heteroatoms. The van der Waals surface area contributed by atoms with Crippen LogP contribution in [0.5, 0.6) is 0 Å². The van der Waals surface area contributed by atoms with Crippen molar-refractivity contribution >= 4 is 11.9 Å². The van der Waals surface area contributed by atoms with Crippen LogP contribution >= 0.6 is 0 Å². The van der Waals surface area contributed by atoms with Crippen LogP contribution in [0.4, 0.5) is 26.3 Å². The van der Waals surface area contributed by atoms with E-state index in [4.69, 9.17) is 15.9 Å². The second kappa shape index (κ2) is 9.47. The molecular weight excluding hydrogens is 350 g/mol. The number of hydrogen-bond acceptors (Lipinski definition) is 4. The van der Waals surface area contributed by atoms with Crippen molar-refractivity contribution < 1.29 is 46.1 Å². The first-order valence-corrected chi connectivity index (χ1v) is 6.24. The van der Waals surface area contributed by atoms with E-state index in [9.17, 15) is 35.9 Å². The molecule has 0 amide bonds. The third kappa shape index (κ3) is 10.8. The van der Waals surface area contributed by atoms with Gasteiger partial charge in [-0.15, -0.1) is 6.58 Å². The number of rotatable bonds is 6. The van der Waals surface area contributed by atoms with E-state index in [1.807, 2.05) is 0 Å². The molecule has 1 unspecified atom stereocenters. The summed E-state index contributed by atoms with van der Waals surface area (Å²) in [6.45, 7) is 5.29. The van der Waals surface area contributed by atoms with Gasteiger partial charge in [0.25, 0.3) is 0 Å². The zero-order valence-electron chi connectivity index (χ0n) is 12.5. The van der Waals surface area contributed by atoms with Crippen LogP contribution in [0.1, 0.15) is 19.8 Å². The Hall–Kier alpha value is -1.82. The number of alkyl halides is 6. The molecule has 0 aliphatic rings. The van der Waals surface area contributed by atoms with Gasteiger partial charge in [0.2, 0.25) is 0 Å². The fraction of sp³-hybridized carbons (Fsp3) is 0.667. The second-order valence-corrected chi connectivity index (χ2v) is 4.92. The predicted molar refractivity (Wildman–Crippen MR) is 70.9 cm³/mol. The summed E-state index contributed by atoms with van der Waals surface area (Å²) in [4.78, 5) is 20.1. The largest absolute Gasteiger partial charge is 0.480 e. The minimum absolute atomic E-state index is 0.356. The second-order valence-electron chi connectivity index (χ2n) is 4.92. The van der Waals surface area contributed by atoms with E-state index in [1.54, 1.807) is 6.92 Å². The Balaban J connectivity index is 0. The molecule has 0 saturated carbocycles. The van der Waals surface area contributed by atoms with E-state index < -0.39 is 48.7 Å². The van der Waals surface area contributed by atoms with Crippen LogP contribution in [0.25, 0.3) is 0 Å². The first-order chi connectivity index (χ1) is 10.5. The highest BCUT2D eigenvalue weighted by Gasteiger charge is 2.57. The highest BCUT2D eigenvalue weighted by molar-refractivity contribution is 5.73. The van der Waals surface area contributed by atoms with Crippen molar-refractivity contribution in [2.75, 3.05) is 0 Å². The molecule has 0 aromatic heterocycles. The molecule has 6 N–H and O–H groups in total. The minimum Gasteiger partial charge on any atom is -0.480 e. The Bertz CT molecular complexity index is 436. The molecule has 0 aliphatic carbocycles. The number of carbonyl (C=O) groups is 2. The SMILES string of the molecule is C=C(C)CC(N)C(=O)O.N[C@@H](CC(C(F)(F)F)C(F)(F)F)C(=O)O. The Morgan fingerprint density at radius 3 is 1.46 bits per heavy atom. The van der Waals surface area contributed by atoms with Gasteiger partial charge >= 0.3 is 24.3 Å². The smallest absolute Gasteiger partial charge is 0.400 e. The van der Waals surface area contributed by atoms with E-state index in [2.05, 4.69) is 12.3 Å². The van der Waals surface area contributed by atoms with Crippen LogP contribution in [0.2, 0.25) is 0 Å². The van der Waals surface area contributed by atoms with Crippen LogP contribution < -0.4 is 11.5 Å². The molecule has 0 spiro atoms. The molecule has 0 aromatic carbocycles. The van der Waals surface area contributed by atoms with Crippen molar-refractivity contribution in [2.24, 2.45) is 17.4 Å². The summed E-state index contributed by atoms with van der Waals surface area (Å²) in [6.07, 6.45) is -12.5. The third-order valence-corrected chi connectivity index (χ3v) is 2.48. The van der Waals surface area contributed by atoms with Crippen molar-refractivity contribution in [3.8, 4) is 0 Å². The summed E-state index contributed by atoms with van der Waals surface area (Å²) in [6, 6.07) is -2.99. The summed E-state index contributed by atoms with van der Waals surface area (Å²) in [7, 11) is 0. The molecule has 0 rings (SSSR count). The fourth-order valence-corrected chi connectivity index (χ4v) is 1.27. The lowest BCUT2D eigenvalue weighted by Gasteiger charge is -2.24. The molecule has 2 atom stereocenters. The van der Waals surface area contributed by atoms with Gasteiger partial charge in [0.05, 0.1) is 0 Å². The van der Waals surface area contributed by atoms with E-state index in [0.717, 1.165) is 5.57 Å². The number of carboxylic acid groups (broad SMARTS) is 2. The van der Waals surface area contributed by atoms with Gasteiger partial charge in [-0.3, -0.25) is 9.59 Å². The van der Waals surface area contributed by atoms with Gasteiger partial charge in [0.1, 0.15) is 12.1 Å². The van der Waals surface area contributed by atoms with Crippen molar-refractivity contribution in [2.45, 2.75) is 44.2 Å². The van der Waals surface area contributed by atoms with Gasteiger partial charge in [-0.2, -0.15) is 26.3 Å². The highest BCUT2D eigenvalue weighted by Crippen LogP contribution is 2.41. The Morgan fingerprint density at radius 2 is 1.29 bits per heavy atom. The van der Waals surface area contributed by atoms with Crippen LogP contribution in [-0.2, 0) is 9.59 Å². The number of carboxylic acids is 2. The zero-order valence-corrected chi connectivity index (χ0v) is 12.5. The molecular formula is C12H18F6N2O4. The van der Waals surface area contributed by atoms with Gasteiger partial charge in [0, 0.05) is 0 Å². The number of nitrogens with two attached hydrogens (primary N) is 2. The van der Waals surface area contributed by atoms with Crippen LogP contribution in [-0.4, -0.2) is 46.6 Å². The standard InChI is InChI=1S/C6H7F6NO2.C6H11NO2/c7-5(8,9)3(6(10,11)12)1-2(13)4(14)15;1-4(2)3-5(7)6(8)9/h2-3H,1,13H2,(H,14,15);5H,1,3,7H2,2H3,(H,8,9)/t2-;/m0./s1. The lowest BCUT2D eigenvalue weighted by molar-refractivity contribution is -0.286. The molecule has 0 saturated heterocycles. The maximum atomic E-state index is 11.9. The number of halogens is 6. The summed E-state index contributed by atoms with van der Waals surface area (Å²) < 4.78 is 71.2. The van der Waals surface area contributed by atoms with Gasteiger partial charge in [-0.1, -0.05) is 5.57 Å². The molecule has 142 valence electrons. The average molecular weight is 368 g/mol. The maximum Gasteiger partial charge on any atom is 0.400 e. The quantitative estimate of drug-likeness (QED) is 0.419. The van der Waals surface area contributed by atoms with E-state index in [1.165, 1.54) is 0 Å².